The molecule has 0 saturated carbocycles. The molecule has 0 aromatic heterocycles. The average Bonchev–Trinajstić information content (AvgIpc) is 2.39. The Hall–Kier alpha value is -2.33. The maximum absolute atomic E-state index is 10.9. The highest BCUT2D eigenvalue weighted by Crippen LogP contribution is 2.30. The Kier molecular flexibility index (Phi) is 5.57. The molecule has 19 heavy (non-hydrogen) atoms. The van der Waals surface area contributed by atoms with Gasteiger partial charge in [0.05, 0.1) is 30.7 Å². The number of rotatable bonds is 7. The minimum absolute atomic E-state index is 0.137. The van der Waals surface area contributed by atoms with Crippen LogP contribution in [-0.4, -0.2) is 43.7 Å². The zero-order chi connectivity index (χ0) is 14.3. The predicted octanol–water partition coefficient (Wildman–Crippen LogP) is 1.44. The number of hydrogen-bond acceptors (Lipinski definition) is 6. The van der Waals surface area contributed by atoms with Crippen LogP contribution in [0.3, 0.4) is 0 Å². The Balaban J connectivity index is 2.68. The molecule has 102 valence electrons. The fourth-order valence-corrected chi connectivity index (χ4v) is 1.40. The quantitative estimate of drug-likeness (QED) is 0.421. The summed E-state index contributed by atoms with van der Waals surface area (Å²) in [5.41, 5.74) is -0.137. The van der Waals surface area contributed by atoms with E-state index in [0.29, 0.717) is 12.3 Å². The van der Waals surface area contributed by atoms with E-state index in [1.165, 1.54) is 19.2 Å². The fraction of sp³-hybridized carbons (Fsp3) is 0.417. The summed E-state index contributed by atoms with van der Waals surface area (Å²) >= 11 is 0. The minimum atomic E-state index is -0.517. The number of benzene rings is 1. The molecule has 0 N–H and O–H groups in total. The lowest BCUT2D eigenvalue weighted by Gasteiger charge is -2.13. The molecular formula is C12H15N3O4. The second-order valence-electron chi connectivity index (χ2n) is 3.84. The summed E-state index contributed by atoms with van der Waals surface area (Å²) in [6.07, 6.45) is 0. The summed E-state index contributed by atoms with van der Waals surface area (Å²) in [7, 11) is 3.21. The van der Waals surface area contributed by atoms with Crippen molar-refractivity contribution in [2.45, 2.75) is 0 Å². The molecule has 0 saturated heterocycles. The first-order valence-corrected chi connectivity index (χ1v) is 5.59. The SMILES string of the molecule is COc1ccc(OCCN(C)CC#N)c([N+](=O)[O-])c1. The van der Waals surface area contributed by atoms with Crippen molar-refractivity contribution in [2.24, 2.45) is 0 Å². The van der Waals surface area contributed by atoms with Gasteiger partial charge in [0.2, 0.25) is 0 Å². The van der Waals surface area contributed by atoms with Crippen molar-refractivity contribution in [3.05, 3.63) is 28.3 Å². The average molecular weight is 265 g/mol. The van der Waals surface area contributed by atoms with Crippen LogP contribution in [-0.2, 0) is 0 Å². The van der Waals surface area contributed by atoms with Crippen molar-refractivity contribution in [3.8, 4) is 17.6 Å². The van der Waals surface area contributed by atoms with E-state index in [1.807, 2.05) is 6.07 Å². The zero-order valence-electron chi connectivity index (χ0n) is 10.8. The summed E-state index contributed by atoms with van der Waals surface area (Å²) in [4.78, 5) is 12.1. The van der Waals surface area contributed by atoms with E-state index >= 15 is 0 Å². The summed E-state index contributed by atoms with van der Waals surface area (Å²) in [6.45, 7) is 1.07. The summed E-state index contributed by atoms with van der Waals surface area (Å²) in [5.74, 6) is 0.594. The number of nitro groups is 1. The molecule has 7 nitrogen and oxygen atoms in total. The van der Waals surface area contributed by atoms with Crippen LogP contribution in [0, 0.1) is 21.4 Å². The Morgan fingerprint density at radius 3 is 2.84 bits per heavy atom. The van der Waals surface area contributed by atoms with Gasteiger partial charge in [0.1, 0.15) is 12.4 Å². The zero-order valence-corrected chi connectivity index (χ0v) is 10.8. The molecule has 0 atom stereocenters. The molecule has 0 spiro atoms. The molecule has 0 heterocycles. The second-order valence-corrected chi connectivity index (χ2v) is 3.84. The number of methoxy groups -OCH3 is 1. The number of likely N-dealkylation sites (N-methyl/N-ethyl adjacent to an activating group) is 1. The van der Waals surface area contributed by atoms with Crippen LogP contribution in [0.4, 0.5) is 5.69 Å². The van der Waals surface area contributed by atoms with Gasteiger partial charge in [0.25, 0.3) is 0 Å². The van der Waals surface area contributed by atoms with Crippen LogP contribution in [0.5, 0.6) is 11.5 Å². The van der Waals surface area contributed by atoms with Gasteiger partial charge >= 0.3 is 5.69 Å². The highest BCUT2D eigenvalue weighted by Gasteiger charge is 2.16. The molecule has 1 aromatic carbocycles. The smallest absolute Gasteiger partial charge is 0.314 e. The number of nitrogens with zero attached hydrogens (tertiary/aromatic N) is 3. The summed E-state index contributed by atoms with van der Waals surface area (Å²) < 4.78 is 10.3. The lowest BCUT2D eigenvalue weighted by atomic mass is 10.3. The van der Waals surface area contributed by atoms with Crippen molar-refractivity contribution in [3.63, 3.8) is 0 Å². The number of hydrogen-bond donors (Lipinski definition) is 0. The molecule has 1 rings (SSSR count). The Labute approximate surface area is 111 Å². The van der Waals surface area contributed by atoms with E-state index in [2.05, 4.69) is 0 Å². The monoisotopic (exact) mass is 265 g/mol. The maximum atomic E-state index is 10.9. The van der Waals surface area contributed by atoms with E-state index in [0.717, 1.165) is 0 Å². The molecule has 0 unspecified atom stereocenters. The first-order chi connectivity index (χ1) is 9.08. The Bertz CT molecular complexity index is 484. The molecule has 7 heteroatoms. The molecule has 0 bridgehead atoms. The van der Waals surface area contributed by atoms with Gasteiger partial charge in [-0.1, -0.05) is 0 Å². The van der Waals surface area contributed by atoms with Crippen molar-refractivity contribution < 1.29 is 14.4 Å². The van der Waals surface area contributed by atoms with Gasteiger partial charge in [-0.15, -0.1) is 0 Å². The highest BCUT2D eigenvalue weighted by atomic mass is 16.6. The van der Waals surface area contributed by atoms with Crippen LogP contribution in [0.2, 0.25) is 0 Å². The third-order valence-electron chi connectivity index (χ3n) is 2.43. The predicted molar refractivity (Wildman–Crippen MR) is 68.3 cm³/mol. The van der Waals surface area contributed by atoms with Crippen LogP contribution < -0.4 is 9.47 Å². The van der Waals surface area contributed by atoms with Gasteiger partial charge < -0.3 is 9.47 Å². The molecular weight excluding hydrogens is 250 g/mol. The second kappa shape index (κ2) is 7.18. The van der Waals surface area contributed by atoms with E-state index < -0.39 is 4.92 Å². The maximum Gasteiger partial charge on any atom is 0.314 e. The van der Waals surface area contributed by atoms with Crippen LogP contribution in [0.15, 0.2) is 18.2 Å². The number of ether oxygens (including phenoxy) is 2. The van der Waals surface area contributed by atoms with E-state index in [4.69, 9.17) is 14.7 Å². The minimum Gasteiger partial charge on any atom is -0.496 e. The first-order valence-electron chi connectivity index (χ1n) is 5.59. The lowest BCUT2D eigenvalue weighted by molar-refractivity contribution is -0.385. The molecule has 1 aromatic rings. The van der Waals surface area contributed by atoms with Gasteiger partial charge in [-0.25, -0.2) is 0 Å². The van der Waals surface area contributed by atoms with Crippen molar-refractivity contribution in [1.82, 2.24) is 4.90 Å². The normalized spacial score (nSPS) is 10.0. The topological polar surface area (TPSA) is 88.6 Å². The van der Waals surface area contributed by atoms with Gasteiger partial charge in [-0.3, -0.25) is 15.0 Å². The number of nitro benzene ring substituents is 1. The molecule has 0 fully saturated rings. The summed E-state index contributed by atoms with van der Waals surface area (Å²) in [5, 5.41) is 19.4. The third kappa shape index (κ3) is 4.44. The van der Waals surface area contributed by atoms with Crippen LogP contribution in [0.25, 0.3) is 0 Å². The van der Waals surface area contributed by atoms with E-state index in [-0.39, 0.29) is 24.6 Å². The third-order valence-corrected chi connectivity index (χ3v) is 2.43. The van der Waals surface area contributed by atoms with Crippen molar-refractivity contribution in [2.75, 3.05) is 33.9 Å². The van der Waals surface area contributed by atoms with Crippen LogP contribution >= 0.6 is 0 Å². The fourth-order valence-electron chi connectivity index (χ4n) is 1.40. The van der Waals surface area contributed by atoms with E-state index in [1.54, 1.807) is 18.0 Å². The van der Waals surface area contributed by atoms with E-state index in [9.17, 15) is 10.1 Å². The van der Waals surface area contributed by atoms with Gasteiger partial charge in [0.15, 0.2) is 5.75 Å². The first kappa shape index (κ1) is 14.7. The van der Waals surface area contributed by atoms with Gasteiger partial charge in [-0.2, -0.15) is 5.26 Å². The van der Waals surface area contributed by atoms with Crippen molar-refractivity contribution >= 4 is 5.69 Å². The Morgan fingerprint density at radius 2 is 2.26 bits per heavy atom. The van der Waals surface area contributed by atoms with Crippen LogP contribution in [0.1, 0.15) is 0 Å². The summed E-state index contributed by atoms with van der Waals surface area (Å²) in [6, 6.07) is 6.42. The van der Waals surface area contributed by atoms with Gasteiger partial charge in [-0.05, 0) is 19.2 Å². The standard InChI is InChI=1S/C12H15N3O4/c1-14(6-5-13)7-8-19-12-4-3-10(18-2)9-11(12)15(16)17/h3-4,9H,6-8H2,1-2H3. The molecule has 0 aliphatic heterocycles. The molecule has 0 amide bonds. The van der Waals surface area contributed by atoms with Gasteiger partial charge in [0, 0.05) is 6.54 Å². The molecule has 0 aliphatic carbocycles. The highest BCUT2D eigenvalue weighted by molar-refractivity contribution is 5.50. The molecule has 0 aliphatic rings. The van der Waals surface area contributed by atoms with Crippen molar-refractivity contribution in [1.29, 1.82) is 5.26 Å². The largest absolute Gasteiger partial charge is 0.496 e. The Morgan fingerprint density at radius 1 is 1.53 bits per heavy atom. The lowest BCUT2D eigenvalue weighted by Crippen LogP contribution is -2.24. The number of nitriles is 1. The molecule has 0 radical (unpaired) electrons.